The van der Waals surface area contributed by atoms with Crippen molar-refractivity contribution in [1.29, 1.82) is 5.26 Å². The summed E-state index contributed by atoms with van der Waals surface area (Å²) in [7, 11) is 1.59. The van der Waals surface area contributed by atoms with Gasteiger partial charge in [-0.2, -0.15) is 15.2 Å². The van der Waals surface area contributed by atoms with Crippen LogP contribution in [0.15, 0.2) is 85.1 Å². The number of hydrogen-bond donors (Lipinski definition) is 4. The van der Waals surface area contributed by atoms with E-state index in [-0.39, 0.29) is 80.8 Å². The molecule has 23 heteroatoms. The van der Waals surface area contributed by atoms with Gasteiger partial charge >= 0.3 is 6.01 Å². The number of benzene rings is 5. The molecule has 0 aliphatic carbocycles. The number of nitrogens with one attached hydrogen (secondary N) is 2. The molecule has 5 N–H and O–H groups in total. The third kappa shape index (κ3) is 10.6. The minimum Gasteiger partial charge on any atom is -0.486 e. The fraction of sp³-hybridized carbons (Fsp3) is 0.339. The summed E-state index contributed by atoms with van der Waals surface area (Å²) < 4.78 is 78.4. The summed E-state index contributed by atoms with van der Waals surface area (Å²) in [6, 6.07) is 19.1. The molecule has 3 aromatic heterocycles. The Morgan fingerprint density at radius 1 is 0.976 bits per heavy atom. The highest BCUT2D eigenvalue weighted by molar-refractivity contribution is 7.23. The molecule has 0 spiro atoms. The Kier molecular flexibility index (Phi) is 15.8. The average molecular weight is 1160 g/mol. The first kappa shape index (κ1) is 55.9. The number of hydrogen-bond acceptors (Lipinski definition) is 15. The zero-order chi connectivity index (χ0) is 57.7. The molecular formula is C59H56ClF4N11O6S. The number of carbonyl (C=O) groups is 2. The number of nitriles is 1. The van der Waals surface area contributed by atoms with Gasteiger partial charge in [0.15, 0.2) is 5.75 Å². The maximum Gasteiger partial charge on any atom is 0.319 e. The number of ether oxygens (including phenoxy) is 3. The summed E-state index contributed by atoms with van der Waals surface area (Å²) in [5.41, 5.74) is 9.65. The first-order valence-electron chi connectivity index (χ1n) is 26.7. The lowest BCUT2D eigenvalue weighted by Crippen LogP contribution is -2.50. The van der Waals surface area contributed by atoms with E-state index in [2.05, 4.69) is 31.9 Å². The number of rotatable bonds is 18. The summed E-state index contributed by atoms with van der Waals surface area (Å²) in [5, 5.41) is 37.3. The van der Waals surface area contributed by atoms with Crippen LogP contribution in [0.3, 0.4) is 0 Å². The molecule has 6 atom stereocenters. The van der Waals surface area contributed by atoms with Crippen LogP contribution in [-0.4, -0.2) is 111 Å². The molecule has 2 amide bonds. The van der Waals surface area contributed by atoms with Crippen molar-refractivity contribution >= 4 is 66.6 Å². The molecule has 8 aromatic rings. The summed E-state index contributed by atoms with van der Waals surface area (Å²) >= 11 is 8.33. The molecule has 0 saturated carbocycles. The summed E-state index contributed by atoms with van der Waals surface area (Å²) in [5.74, 6) is -3.98. The fourth-order valence-corrected chi connectivity index (χ4v) is 12.5. The van der Waals surface area contributed by atoms with Crippen LogP contribution in [0.1, 0.15) is 68.8 Å². The second-order valence-corrected chi connectivity index (χ2v) is 22.6. The van der Waals surface area contributed by atoms with E-state index in [1.54, 1.807) is 25.4 Å². The predicted octanol–water partition coefficient (Wildman–Crippen LogP) is 9.68. The van der Waals surface area contributed by atoms with Crippen molar-refractivity contribution in [2.75, 3.05) is 50.6 Å². The second-order valence-electron chi connectivity index (χ2n) is 21.1. The van der Waals surface area contributed by atoms with Crippen molar-refractivity contribution in [3.05, 3.63) is 130 Å². The molecule has 3 saturated heterocycles. The van der Waals surface area contributed by atoms with Gasteiger partial charge < -0.3 is 45.5 Å². The fourth-order valence-electron chi connectivity index (χ4n) is 11.3. The highest BCUT2D eigenvalue weighted by atomic mass is 35.5. The first-order valence-corrected chi connectivity index (χ1v) is 27.9. The van der Waals surface area contributed by atoms with Crippen molar-refractivity contribution in [3.8, 4) is 51.3 Å². The molecule has 6 heterocycles. The van der Waals surface area contributed by atoms with Crippen LogP contribution in [0, 0.1) is 40.5 Å². The number of anilines is 2. The monoisotopic (exact) mass is 1160 g/mol. The van der Waals surface area contributed by atoms with E-state index in [4.69, 9.17) is 41.5 Å². The number of aliphatic hydroxyl groups excluding tert-OH is 1. The molecule has 17 nitrogen and oxygen atoms in total. The van der Waals surface area contributed by atoms with Crippen LogP contribution in [0.2, 0.25) is 5.02 Å². The molecule has 3 aliphatic rings. The Hall–Kier alpha value is -7.94. The minimum absolute atomic E-state index is 0.00892. The lowest BCUT2D eigenvalue weighted by atomic mass is 9.96. The number of nitrogen functional groups attached to an aromatic ring is 1. The van der Waals surface area contributed by atoms with Crippen LogP contribution >= 0.6 is 22.9 Å². The molecule has 82 heavy (non-hydrogen) atoms. The van der Waals surface area contributed by atoms with Crippen LogP contribution in [0.4, 0.5) is 28.4 Å². The Balaban J connectivity index is 0.851. The quantitative estimate of drug-likeness (QED) is 0.0588. The number of piperazine rings is 1. The zero-order valence-corrected chi connectivity index (χ0v) is 46.5. The average Bonchev–Trinajstić information content (AvgIpc) is 3.97. The number of thiophene rings is 1. The van der Waals surface area contributed by atoms with Gasteiger partial charge in [-0.3, -0.25) is 9.59 Å². The number of halogens is 5. The van der Waals surface area contributed by atoms with Gasteiger partial charge in [0, 0.05) is 72.9 Å². The predicted molar refractivity (Wildman–Crippen MR) is 302 cm³/mol. The van der Waals surface area contributed by atoms with Crippen LogP contribution in [-0.2, 0) is 20.9 Å². The molecular weight excluding hydrogens is 1100 g/mol. The van der Waals surface area contributed by atoms with Crippen molar-refractivity contribution in [3.63, 3.8) is 0 Å². The minimum atomic E-state index is -1.07. The number of amides is 2. The van der Waals surface area contributed by atoms with E-state index in [1.807, 2.05) is 45.0 Å². The van der Waals surface area contributed by atoms with Gasteiger partial charge in [0.25, 0.3) is 0 Å². The number of likely N-dealkylation sites (tertiary alicyclic amines) is 1. The highest BCUT2D eigenvalue weighted by Crippen LogP contribution is 2.50. The van der Waals surface area contributed by atoms with Gasteiger partial charge in [-0.15, -0.1) is 16.4 Å². The van der Waals surface area contributed by atoms with Crippen molar-refractivity contribution in [1.82, 2.24) is 40.5 Å². The standard InChI is InChI=1S/C59H56ClF4N11O6S/c1-29(2)52(58(78)73-17-5-6-47(73)57(77)68-46(26-76)33-11-13-34(14-12-33)48-43(63)18-35(61)19-44(48)64)75-25-45(71-72-75)32-9-7-31(8-10-32)28-80-53-50(38-15-16-42(62)54-49(38)40(22-65)55(66)82-54)41(60)21-39-51(53)69-59(81-27-30(3)79-4)70-56(39)74-24-36-20-37(74)23-67-36/h7-16,18-19,21,25,29-30,36-37,46-47,52,67,76H,5-6,17,20,23-24,26-28,66H2,1-4H3,(H,68,77)/t30-,36?,37?,46?,47?,52?/m0/s1. The normalized spacial score (nSPS) is 17.9. The number of nitrogens with zero attached hydrogens (tertiary/aromatic N) is 8. The summed E-state index contributed by atoms with van der Waals surface area (Å²) in [6.07, 6.45) is 3.25. The molecule has 3 aliphatic heterocycles. The first-order chi connectivity index (χ1) is 39.5. The molecule has 3 fully saturated rings. The van der Waals surface area contributed by atoms with Gasteiger partial charge in [0.05, 0.1) is 45.8 Å². The Morgan fingerprint density at radius 3 is 2.39 bits per heavy atom. The van der Waals surface area contributed by atoms with Gasteiger partial charge in [-0.05, 0) is 66.5 Å². The molecule has 424 valence electrons. The Morgan fingerprint density at radius 2 is 1.72 bits per heavy atom. The molecule has 5 unspecified atom stereocenters. The van der Waals surface area contributed by atoms with Crippen LogP contribution in [0.5, 0.6) is 11.8 Å². The van der Waals surface area contributed by atoms with Gasteiger partial charge in [-0.1, -0.05) is 85.3 Å². The van der Waals surface area contributed by atoms with Gasteiger partial charge in [-0.25, -0.2) is 22.2 Å². The molecule has 11 rings (SSSR count). The molecule has 2 bridgehead atoms. The summed E-state index contributed by atoms with van der Waals surface area (Å²) in [6.45, 7) is 7.02. The smallest absolute Gasteiger partial charge is 0.319 e. The number of aliphatic hydroxyl groups is 1. The van der Waals surface area contributed by atoms with Crippen molar-refractivity contribution in [2.45, 2.75) is 83.0 Å². The Labute approximate surface area is 477 Å². The number of methoxy groups -OCH3 is 1. The maximum absolute atomic E-state index is 15.5. The Bertz CT molecular complexity index is 3780. The van der Waals surface area contributed by atoms with Gasteiger partial charge in [0.2, 0.25) is 11.8 Å². The lowest BCUT2D eigenvalue weighted by Gasteiger charge is -2.30. The van der Waals surface area contributed by atoms with Crippen LogP contribution in [0.25, 0.3) is 54.5 Å². The SMILES string of the molecule is CO[C@@H](C)COc1nc(N2CC3CC2CN3)c2cc(Cl)c(-c3ccc(F)c4sc(N)c(C#N)c34)c(OCc3ccc(-c4cn(C(C(=O)N5CCCC5C(=O)NC(CO)c5ccc(-c6c(F)cc(F)cc6F)cc5)C(C)C)nn4)cc3)c2n1. The van der Waals surface area contributed by atoms with E-state index >= 15 is 4.39 Å². The van der Waals surface area contributed by atoms with E-state index < -0.39 is 59.5 Å². The largest absolute Gasteiger partial charge is 0.486 e. The van der Waals surface area contributed by atoms with E-state index in [9.17, 15) is 33.1 Å². The van der Waals surface area contributed by atoms with Crippen LogP contribution < -0.4 is 30.7 Å². The third-order valence-corrected chi connectivity index (χ3v) is 16.8. The number of fused-ring (bicyclic) bond motifs is 4. The highest BCUT2D eigenvalue weighted by Gasteiger charge is 2.42. The number of nitrogens with two attached hydrogens (primary N) is 1. The van der Waals surface area contributed by atoms with E-state index in [0.29, 0.717) is 88.1 Å². The topological polar surface area (TPSA) is 219 Å². The second kappa shape index (κ2) is 23.1. The van der Waals surface area contributed by atoms with Crippen molar-refractivity contribution < 1.29 is 46.5 Å². The zero-order valence-electron chi connectivity index (χ0n) is 44.9. The van der Waals surface area contributed by atoms with E-state index in [0.717, 1.165) is 29.9 Å². The summed E-state index contributed by atoms with van der Waals surface area (Å²) in [4.78, 5) is 42.1. The lowest BCUT2D eigenvalue weighted by molar-refractivity contribution is -0.142. The van der Waals surface area contributed by atoms with E-state index in [1.165, 1.54) is 39.9 Å². The van der Waals surface area contributed by atoms with Crippen molar-refractivity contribution in [2.24, 2.45) is 5.92 Å². The molecule has 0 radical (unpaired) electrons. The number of aromatic nitrogens is 5. The number of carbonyl (C=O) groups excluding carboxylic acids is 2. The van der Waals surface area contributed by atoms with Gasteiger partial charge in [0.1, 0.15) is 76.7 Å². The maximum atomic E-state index is 15.5. The third-order valence-electron chi connectivity index (χ3n) is 15.5. The molecule has 5 aromatic carbocycles.